The van der Waals surface area contributed by atoms with Gasteiger partial charge in [-0.1, -0.05) is 11.6 Å². The minimum Gasteiger partial charge on any atom is -0.424 e. The van der Waals surface area contributed by atoms with Crippen LogP contribution in [0, 0.1) is 12.7 Å². The number of nitrogens with one attached hydrogen (secondary N) is 1. The topological polar surface area (TPSA) is 47.0 Å². The molecule has 0 aliphatic carbocycles. The molecule has 0 radical (unpaired) electrons. The second-order valence-corrected chi connectivity index (χ2v) is 4.38. The van der Waals surface area contributed by atoms with Gasteiger partial charge in [0, 0.05) is 30.1 Å². The number of hydrogen-bond acceptors (Lipinski definition) is 4. The molecule has 0 unspecified atom stereocenters. The molecule has 6 heteroatoms. The quantitative estimate of drug-likeness (QED) is 0.935. The minimum atomic E-state index is -0.539. The standard InChI is InChI=1S/C13H13ClFN3O/c1-8-9(6-16-2)7-17-13(18-8)19-10-3-4-11(14)12(15)5-10/h3-5,7,16H,6H2,1-2H3. The van der Waals surface area contributed by atoms with Crippen LogP contribution in [0.1, 0.15) is 11.3 Å². The van der Waals surface area contributed by atoms with Crippen molar-refractivity contribution in [3.8, 4) is 11.8 Å². The summed E-state index contributed by atoms with van der Waals surface area (Å²) in [7, 11) is 1.85. The summed E-state index contributed by atoms with van der Waals surface area (Å²) in [5.41, 5.74) is 1.80. The number of rotatable bonds is 4. The zero-order valence-corrected chi connectivity index (χ0v) is 11.3. The predicted molar refractivity (Wildman–Crippen MR) is 71.0 cm³/mol. The lowest BCUT2D eigenvalue weighted by Crippen LogP contribution is -2.08. The van der Waals surface area contributed by atoms with E-state index < -0.39 is 5.82 Å². The second kappa shape index (κ2) is 5.95. The molecule has 4 nitrogen and oxygen atoms in total. The number of benzene rings is 1. The van der Waals surface area contributed by atoms with Crippen LogP contribution in [0.2, 0.25) is 5.02 Å². The van der Waals surface area contributed by atoms with E-state index in [2.05, 4.69) is 15.3 Å². The molecule has 0 aliphatic rings. The van der Waals surface area contributed by atoms with Crippen molar-refractivity contribution in [3.05, 3.63) is 46.5 Å². The molecular formula is C13H13ClFN3O. The van der Waals surface area contributed by atoms with Crippen LogP contribution < -0.4 is 10.1 Å². The van der Waals surface area contributed by atoms with Gasteiger partial charge in [-0.3, -0.25) is 0 Å². The Balaban J connectivity index is 2.19. The van der Waals surface area contributed by atoms with Crippen molar-refractivity contribution in [1.82, 2.24) is 15.3 Å². The smallest absolute Gasteiger partial charge is 0.322 e. The highest BCUT2D eigenvalue weighted by molar-refractivity contribution is 6.30. The van der Waals surface area contributed by atoms with Crippen LogP contribution in [0.4, 0.5) is 4.39 Å². The van der Waals surface area contributed by atoms with Gasteiger partial charge in [0.05, 0.1) is 5.02 Å². The fourth-order valence-corrected chi connectivity index (χ4v) is 1.65. The molecule has 0 saturated carbocycles. The molecule has 1 aromatic heterocycles. The highest BCUT2D eigenvalue weighted by Crippen LogP contribution is 2.23. The average molecular weight is 282 g/mol. The molecule has 1 N–H and O–H groups in total. The van der Waals surface area contributed by atoms with E-state index in [4.69, 9.17) is 16.3 Å². The van der Waals surface area contributed by atoms with Gasteiger partial charge in [0.15, 0.2) is 0 Å². The van der Waals surface area contributed by atoms with Crippen LogP contribution in [0.25, 0.3) is 0 Å². The van der Waals surface area contributed by atoms with Crippen molar-refractivity contribution in [1.29, 1.82) is 0 Å². The van der Waals surface area contributed by atoms with E-state index in [0.29, 0.717) is 12.3 Å². The number of aryl methyl sites for hydroxylation is 1. The van der Waals surface area contributed by atoms with Gasteiger partial charge in [0.2, 0.25) is 0 Å². The van der Waals surface area contributed by atoms with Gasteiger partial charge in [-0.05, 0) is 26.1 Å². The summed E-state index contributed by atoms with van der Waals surface area (Å²) in [6, 6.07) is 4.36. The molecule has 0 aliphatic heterocycles. The number of hydrogen-bond donors (Lipinski definition) is 1. The van der Waals surface area contributed by atoms with Gasteiger partial charge in [-0.15, -0.1) is 0 Å². The zero-order chi connectivity index (χ0) is 13.8. The molecule has 2 aromatic rings. The first kappa shape index (κ1) is 13.7. The van der Waals surface area contributed by atoms with E-state index in [1.807, 2.05) is 14.0 Å². The highest BCUT2D eigenvalue weighted by Gasteiger charge is 2.07. The molecule has 19 heavy (non-hydrogen) atoms. The lowest BCUT2D eigenvalue weighted by molar-refractivity contribution is 0.435. The van der Waals surface area contributed by atoms with E-state index in [-0.39, 0.29) is 11.0 Å². The Hall–Kier alpha value is -1.72. The van der Waals surface area contributed by atoms with Gasteiger partial charge >= 0.3 is 6.01 Å². The lowest BCUT2D eigenvalue weighted by atomic mass is 10.2. The van der Waals surface area contributed by atoms with Crippen molar-refractivity contribution < 1.29 is 9.13 Å². The van der Waals surface area contributed by atoms with Crippen LogP contribution in [0.5, 0.6) is 11.8 Å². The first-order valence-electron chi connectivity index (χ1n) is 5.70. The lowest BCUT2D eigenvalue weighted by Gasteiger charge is -2.07. The normalized spacial score (nSPS) is 10.5. The summed E-state index contributed by atoms with van der Waals surface area (Å²) >= 11 is 5.60. The monoisotopic (exact) mass is 281 g/mol. The van der Waals surface area contributed by atoms with E-state index >= 15 is 0 Å². The number of aromatic nitrogens is 2. The van der Waals surface area contributed by atoms with Gasteiger partial charge in [-0.25, -0.2) is 9.37 Å². The maximum atomic E-state index is 13.3. The summed E-state index contributed by atoms with van der Waals surface area (Å²) in [6.45, 7) is 2.55. The Bertz CT molecular complexity index is 592. The third-order valence-electron chi connectivity index (χ3n) is 2.53. The van der Waals surface area contributed by atoms with Gasteiger partial charge in [0.1, 0.15) is 11.6 Å². The van der Waals surface area contributed by atoms with Crippen LogP contribution in [0.3, 0.4) is 0 Å². The third-order valence-corrected chi connectivity index (χ3v) is 2.83. The average Bonchev–Trinajstić information content (AvgIpc) is 2.37. The van der Waals surface area contributed by atoms with Gasteiger partial charge in [0.25, 0.3) is 0 Å². The molecule has 0 amide bonds. The van der Waals surface area contributed by atoms with Crippen molar-refractivity contribution in [2.75, 3.05) is 7.05 Å². The number of ether oxygens (including phenoxy) is 1. The molecule has 2 rings (SSSR count). The summed E-state index contributed by atoms with van der Waals surface area (Å²) in [5.74, 6) is -0.231. The van der Waals surface area contributed by atoms with Gasteiger partial charge < -0.3 is 10.1 Å². The fourth-order valence-electron chi connectivity index (χ4n) is 1.53. The van der Waals surface area contributed by atoms with Crippen LogP contribution in [-0.4, -0.2) is 17.0 Å². The van der Waals surface area contributed by atoms with Crippen LogP contribution >= 0.6 is 11.6 Å². The SMILES string of the molecule is CNCc1cnc(Oc2ccc(Cl)c(F)c2)nc1C. The summed E-state index contributed by atoms with van der Waals surface area (Å²) in [5, 5.41) is 3.07. The Morgan fingerprint density at radius 3 is 2.84 bits per heavy atom. The van der Waals surface area contributed by atoms with Crippen molar-refractivity contribution in [2.45, 2.75) is 13.5 Å². The molecular weight excluding hydrogens is 269 g/mol. The third kappa shape index (κ3) is 3.39. The molecule has 1 aromatic carbocycles. The highest BCUT2D eigenvalue weighted by atomic mass is 35.5. The molecule has 0 saturated heterocycles. The predicted octanol–water partition coefficient (Wildman–Crippen LogP) is 3.09. The summed E-state index contributed by atoms with van der Waals surface area (Å²) in [4.78, 5) is 8.29. The van der Waals surface area contributed by atoms with E-state index in [0.717, 1.165) is 11.3 Å². The largest absolute Gasteiger partial charge is 0.424 e. The molecule has 0 bridgehead atoms. The van der Waals surface area contributed by atoms with Gasteiger partial charge in [-0.2, -0.15) is 4.98 Å². The van der Waals surface area contributed by atoms with Crippen molar-refractivity contribution in [3.63, 3.8) is 0 Å². The Kier molecular flexibility index (Phi) is 4.29. The second-order valence-electron chi connectivity index (χ2n) is 3.97. The Morgan fingerprint density at radius 2 is 2.21 bits per heavy atom. The van der Waals surface area contributed by atoms with E-state index in [9.17, 15) is 4.39 Å². The van der Waals surface area contributed by atoms with E-state index in [1.54, 1.807) is 12.3 Å². The number of nitrogens with zero attached hydrogens (tertiary/aromatic N) is 2. The fraction of sp³-hybridized carbons (Fsp3) is 0.231. The molecule has 1 heterocycles. The summed E-state index contributed by atoms with van der Waals surface area (Å²) in [6.07, 6.45) is 1.68. The van der Waals surface area contributed by atoms with Crippen molar-refractivity contribution in [2.24, 2.45) is 0 Å². The van der Waals surface area contributed by atoms with Crippen molar-refractivity contribution >= 4 is 11.6 Å². The maximum absolute atomic E-state index is 13.3. The molecule has 0 fully saturated rings. The molecule has 0 spiro atoms. The molecule has 0 atom stereocenters. The van der Waals surface area contributed by atoms with Crippen LogP contribution in [0.15, 0.2) is 24.4 Å². The first-order valence-corrected chi connectivity index (χ1v) is 6.08. The summed E-state index contributed by atoms with van der Waals surface area (Å²) < 4.78 is 18.7. The molecule has 100 valence electrons. The Labute approximate surface area is 115 Å². The minimum absolute atomic E-state index is 0.0498. The van der Waals surface area contributed by atoms with E-state index in [1.165, 1.54) is 12.1 Å². The maximum Gasteiger partial charge on any atom is 0.322 e. The Morgan fingerprint density at radius 1 is 1.42 bits per heavy atom. The number of halogens is 2. The zero-order valence-electron chi connectivity index (χ0n) is 10.6. The van der Waals surface area contributed by atoms with Crippen LogP contribution in [-0.2, 0) is 6.54 Å². The first-order chi connectivity index (χ1) is 9.10.